The Labute approximate surface area is 101 Å². The lowest BCUT2D eigenvalue weighted by atomic mass is 10.1. The number of aliphatic hydroxyl groups is 1. The summed E-state index contributed by atoms with van der Waals surface area (Å²) in [7, 11) is 1.63. The molecule has 1 saturated heterocycles. The highest BCUT2D eigenvalue weighted by atomic mass is 16.7. The Morgan fingerprint density at radius 2 is 1.82 bits per heavy atom. The van der Waals surface area contributed by atoms with Gasteiger partial charge in [0.05, 0.1) is 26.4 Å². The summed E-state index contributed by atoms with van der Waals surface area (Å²) in [6.45, 7) is 2.80. The molecule has 4 nitrogen and oxygen atoms in total. The Bertz CT molecular complexity index is 339. The van der Waals surface area contributed by atoms with Crippen LogP contribution in [0.2, 0.25) is 0 Å². The van der Waals surface area contributed by atoms with E-state index >= 15 is 0 Å². The molecular weight excluding hydrogens is 220 g/mol. The lowest BCUT2D eigenvalue weighted by Crippen LogP contribution is -2.33. The van der Waals surface area contributed by atoms with Crippen molar-refractivity contribution in [3.63, 3.8) is 0 Å². The Hall–Kier alpha value is -1.10. The second-order valence-electron chi connectivity index (χ2n) is 4.27. The summed E-state index contributed by atoms with van der Waals surface area (Å²) < 4.78 is 16.3. The molecule has 1 aliphatic heterocycles. The second kappa shape index (κ2) is 5.49. The highest BCUT2D eigenvalue weighted by Gasteiger charge is 2.26. The molecule has 2 rings (SSSR count). The third-order valence-electron chi connectivity index (χ3n) is 2.99. The van der Waals surface area contributed by atoms with Crippen molar-refractivity contribution in [3.8, 4) is 5.75 Å². The summed E-state index contributed by atoms with van der Waals surface area (Å²) in [5.41, 5.74) is 0.967. The van der Waals surface area contributed by atoms with E-state index in [4.69, 9.17) is 14.2 Å². The van der Waals surface area contributed by atoms with Crippen molar-refractivity contribution in [3.05, 3.63) is 29.8 Å². The van der Waals surface area contributed by atoms with Crippen LogP contribution in [0.25, 0.3) is 0 Å². The van der Waals surface area contributed by atoms with E-state index in [1.807, 2.05) is 24.3 Å². The average molecular weight is 238 g/mol. The molecule has 1 N–H and O–H groups in total. The van der Waals surface area contributed by atoms with E-state index in [9.17, 15) is 5.11 Å². The van der Waals surface area contributed by atoms with Crippen LogP contribution < -0.4 is 4.74 Å². The number of methoxy groups -OCH3 is 1. The minimum atomic E-state index is -0.396. The van der Waals surface area contributed by atoms with Crippen LogP contribution in [0.1, 0.15) is 18.8 Å². The van der Waals surface area contributed by atoms with Gasteiger partial charge in [0, 0.05) is 11.5 Å². The second-order valence-corrected chi connectivity index (χ2v) is 4.27. The first-order valence-electron chi connectivity index (χ1n) is 5.76. The number of hydrogen-bond donors (Lipinski definition) is 1. The molecule has 0 radical (unpaired) electrons. The van der Waals surface area contributed by atoms with Crippen LogP contribution in [-0.2, 0) is 9.47 Å². The molecule has 17 heavy (non-hydrogen) atoms. The van der Waals surface area contributed by atoms with Gasteiger partial charge in [-0.1, -0.05) is 12.1 Å². The molecule has 1 atom stereocenters. The number of hydrogen-bond acceptors (Lipinski definition) is 4. The van der Waals surface area contributed by atoms with Crippen molar-refractivity contribution in [2.24, 2.45) is 5.92 Å². The molecule has 0 bridgehead atoms. The number of benzene rings is 1. The van der Waals surface area contributed by atoms with E-state index in [1.54, 1.807) is 14.0 Å². The Balaban J connectivity index is 1.95. The van der Waals surface area contributed by atoms with Crippen molar-refractivity contribution < 1.29 is 19.3 Å². The highest BCUT2D eigenvalue weighted by molar-refractivity contribution is 5.27. The quantitative estimate of drug-likeness (QED) is 0.871. The summed E-state index contributed by atoms with van der Waals surface area (Å²) in [6, 6.07) is 7.60. The Morgan fingerprint density at radius 1 is 1.24 bits per heavy atom. The summed E-state index contributed by atoms with van der Waals surface area (Å²) in [5, 5.41) is 9.43. The third kappa shape index (κ3) is 2.97. The molecule has 94 valence electrons. The van der Waals surface area contributed by atoms with Crippen LogP contribution in [0.3, 0.4) is 0 Å². The first-order valence-corrected chi connectivity index (χ1v) is 5.76. The van der Waals surface area contributed by atoms with Gasteiger partial charge in [-0.15, -0.1) is 0 Å². The van der Waals surface area contributed by atoms with Crippen molar-refractivity contribution in [2.45, 2.75) is 19.3 Å². The lowest BCUT2D eigenvalue weighted by Gasteiger charge is -2.31. The first-order chi connectivity index (χ1) is 8.20. The normalized spacial score (nSPS) is 26.5. The lowest BCUT2D eigenvalue weighted by molar-refractivity contribution is -0.217. The van der Waals surface area contributed by atoms with E-state index in [-0.39, 0.29) is 12.2 Å². The molecule has 1 aromatic carbocycles. The molecule has 1 fully saturated rings. The van der Waals surface area contributed by atoms with Gasteiger partial charge < -0.3 is 19.3 Å². The molecule has 1 aliphatic rings. The highest BCUT2D eigenvalue weighted by Crippen LogP contribution is 2.27. The van der Waals surface area contributed by atoms with Crippen molar-refractivity contribution in [1.29, 1.82) is 0 Å². The van der Waals surface area contributed by atoms with Crippen LogP contribution in [0.4, 0.5) is 0 Å². The first kappa shape index (κ1) is 12.4. The molecule has 1 aromatic rings. The predicted molar refractivity (Wildman–Crippen MR) is 62.8 cm³/mol. The fraction of sp³-hybridized carbons (Fsp3) is 0.538. The monoisotopic (exact) mass is 238 g/mol. The van der Waals surface area contributed by atoms with Crippen LogP contribution in [0.15, 0.2) is 24.3 Å². The fourth-order valence-corrected chi connectivity index (χ4v) is 1.75. The molecule has 0 amide bonds. The van der Waals surface area contributed by atoms with Gasteiger partial charge in [0.2, 0.25) is 0 Å². The van der Waals surface area contributed by atoms with E-state index < -0.39 is 6.10 Å². The molecule has 4 heteroatoms. The number of aliphatic hydroxyl groups excluding tert-OH is 1. The van der Waals surface area contributed by atoms with Crippen LogP contribution in [0, 0.1) is 5.92 Å². The molecular formula is C13H18O4. The fourth-order valence-electron chi connectivity index (χ4n) is 1.75. The van der Waals surface area contributed by atoms with Crippen molar-refractivity contribution in [2.75, 3.05) is 20.3 Å². The molecule has 0 aliphatic carbocycles. The molecule has 1 unspecified atom stereocenters. The maximum Gasteiger partial charge on any atom is 0.183 e. The molecule has 1 heterocycles. The molecule has 0 saturated carbocycles. The van der Waals surface area contributed by atoms with Gasteiger partial charge >= 0.3 is 0 Å². The van der Waals surface area contributed by atoms with Crippen LogP contribution in [0.5, 0.6) is 5.75 Å². The Morgan fingerprint density at radius 3 is 2.29 bits per heavy atom. The van der Waals surface area contributed by atoms with Crippen LogP contribution >= 0.6 is 0 Å². The third-order valence-corrected chi connectivity index (χ3v) is 2.99. The zero-order chi connectivity index (χ0) is 12.3. The van der Waals surface area contributed by atoms with Gasteiger partial charge in [0.25, 0.3) is 0 Å². The van der Waals surface area contributed by atoms with E-state index in [2.05, 4.69) is 0 Å². The summed E-state index contributed by atoms with van der Waals surface area (Å²) in [5.74, 6) is 0.871. The van der Waals surface area contributed by atoms with Gasteiger partial charge in [0.15, 0.2) is 6.29 Å². The van der Waals surface area contributed by atoms with E-state index in [0.29, 0.717) is 13.2 Å². The standard InChI is InChI=1S/C13H18O4/c1-9(14)11-7-16-13(17-8-11)10-3-5-12(15-2)6-4-10/h3-6,9,11,13-14H,7-8H2,1-2H3. The van der Waals surface area contributed by atoms with E-state index in [0.717, 1.165) is 11.3 Å². The minimum Gasteiger partial charge on any atom is -0.497 e. The summed E-state index contributed by atoms with van der Waals surface area (Å²) in [6.07, 6.45) is -0.734. The van der Waals surface area contributed by atoms with Crippen LogP contribution in [-0.4, -0.2) is 31.5 Å². The minimum absolute atomic E-state index is 0.0597. The summed E-state index contributed by atoms with van der Waals surface area (Å²) >= 11 is 0. The van der Waals surface area contributed by atoms with Gasteiger partial charge in [-0.25, -0.2) is 0 Å². The van der Waals surface area contributed by atoms with Gasteiger partial charge in [-0.05, 0) is 19.1 Å². The zero-order valence-corrected chi connectivity index (χ0v) is 10.1. The maximum atomic E-state index is 9.43. The SMILES string of the molecule is COc1ccc(C2OCC(C(C)O)CO2)cc1. The average Bonchev–Trinajstić information content (AvgIpc) is 2.39. The number of ether oxygens (including phenoxy) is 3. The smallest absolute Gasteiger partial charge is 0.183 e. The van der Waals surface area contributed by atoms with Gasteiger partial charge in [-0.2, -0.15) is 0 Å². The molecule has 0 aromatic heterocycles. The largest absolute Gasteiger partial charge is 0.497 e. The van der Waals surface area contributed by atoms with E-state index in [1.165, 1.54) is 0 Å². The Kier molecular flexibility index (Phi) is 3.99. The van der Waals surface area contributed by atoms with Crippen molar-refractivity contribution in [1.82, 2.24) is 0 Å². The summed E-state index contributed by atoms with van der Waals surface area (Å²) in [4.78, 5) is 0. The maximum absolute atomic E-state index is 9.43. The topological polar surface area (TPSA) is 47.9 Å². The predicted octanol–water partition coefficient (Wildman–Crippen LogP) is 1.74. The van der Waals surface area contributed by atoms with Gasteiger partial charge in [0.1, 0.15) is 5.75 Å². The number of rotatable bonds is 3. The van der Waals surface area contributed by atoms with Gasteiger partial charge in [-0.3, -0.25) is 0 Å². The van der Waals surface area contributed by atoms with Crippen molar-refractivity contribution >= 4 is 0 Å². The zero-order valence-electron chi connectivity index (χ0n) is 10.1. The molecule has 0 spiro atoms.